The maximum atomic E-state index is 4.96. The molecule has 0 aliphatic carbocycles. The maximum Gasteiger partial charge on any atom is 0.106 e. The number of aromatic nitrogens is 2. The smallest absolute Gasteiger partial charge is 0.106 e. The van der Waals surface area contributed by atoms with Gasteiger partial charge in [0, 0.05) is 27.1 Å². The predicted octanol–water partition coefficient (Wildman–Crippen LogP) is 6.82. The Hall–Kier alpha value is -3.30. The van der Waals surface area contributed by atoms with Crippen molar-refractivity contribution >= 4 is 53.2 Å². The molecule has 3 heterocycles. The SMILES string of the molecule is c1ccc2c(c1)ccc1nc(-c3nccc4c3sc3ccccc34)ccc12. The van der Waals surface area contributed by atoms with E-state index >= 15 is 0 Å². The highest BCUT2D eigenvalue weighted by Gasteiger charge is 2.13. The molecule has 3 aromatic carbocycles. The third-order valence-electron chi connectivity index (χ3n) is 5.13. The van der Waals surface area contributed by atoms with Gasteiger partial charge >= 0.3 is 0 Å². The van der Waals surface area contributed by atoms with E-state index in [4.69, 9.17) is 4.98 Å². The first-order chi connectivity index (χ1) is 13.4. The summed E-state index contributed by atoms with van der Waals surface area (Å²) >= 11 is 1.79. The molecule has 0 fully saturated rings. The van der Waals surface area contributed by atoms with Crippen LogP contribution < -0.4 is 0 Å². The lowest BCUT2D eigenvalue weighted by Crippen LogP contribution is -1.89. The van der Waals surface area contributed by atoms with Crippen LogP contribution in [-0.2, 0) is 0 Å². The monoisotopic (exact) mass is 362 g/mol. The summed E-state index contributed by atoms with van der Waals surface area (Å²) in [6, 6.07) is 27.6. The number of rotatable bonds is 1. The third-order valence-corrected chi connectivity index (χ3v) is 6.33. The van der Waals surface area contributed by atoms with Crippen LogP contribution in [0.25, 0.3) is 53.2 Å². The number of thiophene rings is 1. The Balaban J connectivity index is 1.64. The van der Waals surface area contributed by atoms with Gasteiger partial charge in [0.05, 0.1) is 15.9 Å². The first-order valence-corrected chi connectivity index (χ1v) is 9.75. The van der Waals surface area contributed by atoms with Crippen molar-refractivity contribution in [2.24, 2.45) is 0 Å². The van der Waals surface area contributed by atoms with Crippen molar-refractivity contribution in [2.75, 3.05) is 0 Å². The largest absolute Gasteiger partial charge is 0.253 e. The predicted molar refractivity (Wildman–Crippen MR) is 115 cm³/mol. The summed E-state index contributed by atoms with van der Waals surface area (Å²) in [7, 11) is 0. The maximum absolute atomic E-state index is 4.96. The summed E-state index contributed by atoms with van der Waals surface area (Å²) in [5.41, 5.74) is 2.89. The van der Waals surface area contributed by atoms with E-state index in [1.54, 1.807) is 11.3 Å². The zero-order valence-electron chi connectivity index (χ0n) is 14.4. The molecule has 0 radical (unpaired) electrons. The lowest BCUT2D eigenvalue weighted by molar-refractivity contribution is 1.31. The summed E-state index contributed by atoms with van der Waals surface area (Å²) < 4.78 is 2.49. The second kappa shape index (κ2) is 5.60. The normalized spacial score (nSPS) is 11.7. The van der Waals surface area contributed by atoms with Crippen LogP contribution >= 0.6 is 11.3 Å². The fourth-order valence-electron chi connectivity index (χ4n) is 3.85. The van der Waals surface area contributed by atoms with Gasteiger partial charge in [0.2, 0.25) is 0 Å². The van der Waals surface area contributed by atoms with Crippen molar-refractivity contribution in [3.8, 4) is 11.4 Å². The van der Waals surface area contributed by atoms with E-state index in [9.17, 15) is 0 Å². The molecule has 3 aromatic heterocycles. The van der Waals surface area contributed by atoms with Gasteiger partial charge in [0.1, 0.15) is 5.69 Å². The molecule has 0 amide bonds. The van der Waals surface area contributed by atoms with E-state index in [2.05, 4.69) is 83.8 Å². The summed E-state index contributed by atoms with van der Waals surface area (Å²) in [5, 5.41) is 6.20. The lowest BCUT2D eigenvalue weighted by atomic mass is 10.0. The number of nitrogens with zero attached hydrogens (tertiary/aromatic N) is 2. The molecule has 0 unspecified atom stereocenters. The van der Waals surface area contributed by atoms with Crippen molar-refractivity contribution in [1.82, 2.24) is 9.97 Å². The molecule has 0 aliphatic heterocycles. The highest BCUT2D eigenvalue weighted by molar-refractivity contribution is 7.26. The average Bonchev–Trinajstić information content (AvgIpc) is 3.12. The quantitative estimate of drug-likeness (QED) is 0.300. The summed E-state index contributed by atoms with van der Waals surface area (Å²) in [4.78, 5) is 9.65. The molecule has 0 saturated heterocycles. The fraction of sp³-hybridized carbons (Fsp3) is 0. The number of hydrogen-bond donors (Lipinski definition) is 0. The molecule has 27 heavy (non-hydrogen) atoms. The Morgan fingerprint density at radius 1 is 0.630 bits per heavy atom. The lowest BCUT2D eigenvalue weighted by Gasteiger charge is -2.06. The minimum Gasteiger partial charge on any atom is -0.253 e. The van der Waals surface area contributed by atoms with Crippen LogP contribution in [0.3, 0.4) is 0 Å². The number of benzene rings is 3. The Morgan fingerprint density at radius 3 is 2.44 bits per heavy atom. The zero-order chi connectivity index (χ0) is 17.8. The molecule has 6 aromatic rings. The zero-order valence-corrected chi connectivity index (χ0v) is 15.2. The van der Waals surface area contributed by atoms with Gasteiger partial charge in [0.15, 0.2) is 0 Å². The standard InChI is InChI=1S/C24H14N2S/c1-2-6-16-15(5-1)9-11-20-17(16)10-12-21(26-20)23-24-19(13-14-25-23)18-7-3-4-8-22(18)27-24/h1-14H. The fourth-order valence-corrected chi connectivity index (χ4v) is 5.05. The molecular weight excluding hydrogens is 348 g/mol. The van der Waals surface area contributed by atoms with E-state index < -0.39 is 0 Å². The first kappa shape index (κ1) is 14.8. The summed E-state index contributed by atoms with van der Waals surface area (Å²) in [6.45, 7) is 0. The van der Waals surface area contributed by atoms with Crippen molar-refractivity contribution < 1.29 is 0 Å². The van der Waals surface area contributed by atoms with E-state index in [0.29, 0.717) is 0 Å². The van der Waals surface area contributed by atoms with Crippen LogP contribution in [0.1, 0.15) is 0 Å². The highest BCUT2D eigenvalue weighted by atomic mass is 32.1. The molecule has 0 atom stereocenters. The molecule has 3 heteroatoms. The second-order valence-electron chi connectivity index (χ2n) is 6.68. The van der Waals surface area contributed by atoms with E-state index in [1.807, 2.05) is 6.20 Å². The van der Waals surface area contributed by atoms with Crippen molar-refractivity contribution in [2.45, 2.75) is 0 Å². The second-order valence-corrected chi connectivity index (χ2v) is 7.74. The van der Waals surface area contributed by atoms with E-state index in [0.717, 1.165) is 16.9 Å². The third kappa shape index (κ3) is 2.19. The molecule has 0 aliphatic rings. The van der Waals surface area contributed by atoms with Crippen molar-refractivity contribution in [3.05, 3.63) is 85.1 Å². The molecule has 6 rings (SSSR count). The van der Waals surface area contributed by atoms with Gasteiger partial charge in [-0.2, -0.15) is 0 Å². The van der Waals surface area contributed by atoms with Gasteiger partial charge in [-0.05, 0) is 41.1 Å². The van der Waals surface area contributed by atoms with Gasteiger partial charge < -0.3 is 0 Å². The molecule has 0 bridgehead atoms. The minimum absolute atomic E-state index is 0.926. The Morgan fingerprint density at radius 2 is 1.48 bits per heavy atom. The average molecular weight is 362 g/mol. The number of fused-ring (bicyclic) bond motifs is 6. The topological polar surface area (TPSA) is 25.8 Å². The van der Waals surface area contributed by atoms with Gasteiger partial charge in [-0.15, -0.1) is 11.3 Å². The summed E-state index contributed by atoms with van der Waals surface area (Å²) in [6.07, 6.45) is 1.89. The van der Waals surface area contributed by atoms with Crippen LogP contribution in [0.4, 0.5) is 0 Å². The molecular formula is C24H14N2S. The summed E-state index contributed by atoms with van der Waals surface area (Å²) in [5.74, 6) is 0. The van der Waals surface area contributed by atoms with Gasteiger partial charge in [-0.25, -0.2) is 4.98 Å². The van der Waals surface area contributed by atoms with Crippen molar-refractivity contribution in [1.29, 1.82) is 0 Å². The molecule has 2 nitrogen and oxygen atoms in total. The highest BCUT2D eigenvalue weighted by Crippen LogP contribution is 2.38. The Kier molecular flexibility index (Phi) is 3.07. The molecule has 0 N–H and O–H groups in total. The number of pyridine rings is 2. The van der Waals surface area contributed by atoms with Crippen LogP contribution in [0.2, 0.25) is 0 Å². The first-order valence-electron chi connectivity index (χ1n) is 8.94. The van der Waals surface area contributed by atoms with Gasteiger partial charge in [-0.3, -0.25) is 4.98 Å². The number of hydrogen-bond acceptors (Lipinski definition) is 3. The van der Waals surface area contributed by atoms with Crippen LogP contribution in [0.5, 0.6) is 0 Å². The molecule has 126 valence electrons. The van der Waals surface area contributed by atoms with E-state index in [1.165, 1.54) is 36.3 Å². The van der Waals surface area contributed by atoms with Crippen LogP contribution in [0, 0.1) is 0 Å². The Labute approximate surface area is 159 Å². The molecule has 0 saturated carbocycles. The van der Waals surface area contributed by atoms with Crippen LogP contribution in [-0.4, -0.2) is 9.97 Å². The van der Waals surface area contributed by atoms with E-state index in [-0.39, 0.29) is 0 Å². The van der Waals surface area contributed by atoms with Crippen LogP contribution in [0.15, 0.2) is 85.1 Å². The van der Waals surface area contributed by atoms with Crippen molar-refractivity contribution in [3.63, 3.8) is 0 Å². The van der Waals surface area contributed by atoms with Gasteiger partial charge in [-0.1, -0.05) is 48.5 Å². The minimum atomic E-state index is 0.926. The Bertz CT molecular complexity index is 1480. The molecule has 0 spiro atoms. The van der Waals surface area contributed by atoms with Gasteiger partial charge in [0.25, 0.3) is 0 Å².